The van der Waals surface area contributed by atoms with Crippen LogP contribution in [0, 0.1) is 13.8 Å². The van der Waals surface area contributed by atoms with Crippen molar-refractivity contribution in [3.8, 4) is 11.1 Å². The average Bonchev–Trinajstić information content (AvgIpc) is 3.06. The van der Waals surface area contributed by atoms with E-state index < -0.39 is 6.09 Å². The Morgan fingerprint density at radius 3 is 1.88 bits per heavy atom. The first-order valence-electron chi connectivity index (χ1n) is 17.1. The van der Waals surface area contributed by atoms with Crippen LogP contribution in [0.25, 0.3) is 21.9 Å². The van der Waals surface area contributed by atoms with Gasteiger partial charge >= 0.3 is 12.1 Å². The number of nitrogens with zero attached hydrogens (tertiary/aromatic N) is 1. The molecule has 4 N–H and O–H groups in total. The molecule has 1 heterocycles. The number of aromatic nitrogens is 1. The summed E-state index contributed by atoms with van der Waals surface area (Å²) in [5.41, 5.74) is 8.52. The number of aryl methyl sites for hydroxylation is 2. The number of hydrogen-bond donors (Lipinski definition) is 4. The van der Waals surface area contributed by atoms with Crippen LogP contribution in [0.4, 0.5) is 32.5 Å². The maximum Gasteiger partial charge on any atom is 0.411 e. The molecule has 0 radical (unpaired) electrons. The van der Waals surface area contributed by atoms with Gasteiger partial charge in [0.2, 0.25) is 0 Å². The molecule has 5 rings (SSSR count). The molecule has 0 spiro atoms. The summed E-state index contributed by atoms with van der Waals surface area (Å²) in [5.74, 6) is 0.734. The van der Waals surface area contributed by atoms with Crippen molar-refractivity contribution in [3.63, 3.8) is 0 Å². The number of anilines is 4. The van der Waals surface area contributed by atoms with E-state index in [1.165, 1.54) is 0 Å². The third-order valence-electron chi connectivity index (χ3n) is 8.80. The summed E-state index contributed by atoms with van der Waals surface area (Å²) < 4.78 is 5.43. The number of hydrogen-bond acceptors (Lipinski definition) is 5. The smallest absolute Gasteiger partial charge is 0.411 e. The van der Waals surface area contributed by atoms with Crippen LogP contribution in [-0.4, -0.2) is 30.3 Å². The molecule has 1 aromatic heterocycles. The number of fused-ring (bicyclic) bond motifs is 1. The van der Waals surface area contributed by atoms with Crippen molar-refractivity contribution in [2.75, 3.05) is 34.4 Å². The highest BCUT2D eigenvalue weighted by Crippen LogP contribution is 2.34. The van der Waals surface area contributed by atoms with Crippen LogP contribution >= 0.6 is 0 Å². The number of pyridine rings is 1. The van der Waals surface area contributed by atoms with E-state index in [2.05, 4.69) is 86.0 Å². The lowest BCUT2D eigenvalue weighted by Crippen LogP contribution is -2.21. The van der Waals surface area contributed by atoms with Crippen LogP contribution in [0.3, 0.4) is 0 Å². The molecule has 8 nitrogen and oxygen atoms in total. The van der Waals surface area contributed by atoms with E-state index >= 15 is 0 Å². The molecule has 0 fully saturated rings. The van der Waals surface area contributed by atoms with Crippen LogP contribution in [0.15, 0.2) is 91.1 Å². The minimum atomic E-state index is -0.461. The minimum Gasteiger partial charge on any atom is -0.449 e. The van der Waals surface area contributed by atoms with Gasteiger partial charge in [0, 0.05) is 35.1 Å². The van der Waals surface area contributed by atoms with Gasteiger partial charge in [0.25, 0.3) is 0 Å². The van der Waals surface area contributed by atoms with Gasteiger partial charge in [-0.3, -0.25) is 5.32 Å². The third-order valence-corrected chi connectivity index (χ3v) is 8.80. The Morgan fingerprint density at radius 2 is 1.28 bits per heavy atom. The Balaban J connectivity index is 1.16. The zero-order valence-corrected chi connectivity index (χ0v) is 30.5. The maximum atomic E-state index is 13.2. The van der Waals surface area contributed by atoms with Crippen molar-refractivity contribution in [2.45, 2.75) is 72.6 Å². The molecule has 0 atom stereocenters. The quantitative estimate of drug-likeness (QED) is 0.117. The highest BCUT2D eigenvalue weighted by atomic mass is 16.5. The molecule has 260 valence electrons. The fourth-order valence-corrected chi connectivity index (χ4v) is 5.64. The SMILES string of the molecule is Cc1ccc(C(C)(C)C)cc1NC(=O)Nc1ccc(-c2ccc(NCCCOC(=O)Nc3cc(C(C)(C)C)ccc3C)nc2)c2ccccc12. The Kier molecular flexibility index (Phi) is 10.8. The predicted molar refractivity (Wildman–Crippen MR) is 208 cm³/mol. The molecule has 0 aliphatic rings. The standard InChI is InChI=1S/C42H49N5O3/c1-27-14-17-30(41(3,4)5)24-36(27)46-39(48)45-35-20-19-32(33-12-9-10-13-34(33)35)29-16-21-38(44-26-29)43-22-11-23-50-40(49)47-37-25-31(42(6,7)8)18-15-28(37)2/h9-10,12-21,24-26H,11,22-23H2,1-8H3,(H,43,44)(H,47,49)(H2,45,46,48). The second-order valence-electron chi connectivity index (χ2n) is 14.8. The third kappa shape index (κ3) is 8.99. The molecular weight excluding hydrogens is 622 g/mol. The molecule has 0 aliphatic heterocycles. The number of benzene rings is 4. The first-order valence-corrected chi connectivity index (χ1v) is 17.1. The van der Waals surface area contributed by atoms with Crippen LogP contribution in [-0.2, 0) is 15.6 Å². The molecule has 0 saturated heterocycles. The topological polar surface area (TPSA) is 104 Å². The van der Waals surface area contributed by atoms with Crippen LogP contribution in [0.1, 0.15) is 70.2 Å². The maximum absolute atomic E-state index is 13.2. The Bertz CT molecular complexity index is 1990. The molecule has 3 amide bonds. The fraction of sp³-hybridized carbons (Fsp3) is 0.310. The first-order chi connectivity index (χ1) is 23.7. The number of rotatable bonds is 9. The van der Waals surface area contributed by atoms with Crippen molar-refractivity contribution in [2.24, 2.45) is 0 Å². The largest absolute Gasteiger partial charge is 0.449 e. The molecule has 0 bridgehead atoms. The molecule has 0 unspecified atom stereocenters. The predicted octanol–water partition coefficient (Wildman–Crippen LogP) is 10.8. The fourth-order valence-electron chi connectivity index (χ4n) is 5.64. The number of ether oxygens (including phenoxy) is 1. The Morgan fingerprint density at radius 1 is 0.680 bits per heavy atom. The van der Waals surface area contributed by atoms with E-state index in [0.29, 0.717) is 13.0 Å². The lowest BCUT2D eigenvalue weighted by molar-refractivity contribution is 0.161. The number of urea groups is 1. The Labute approximate surface area is 296 Å². The normalized spacial score (nSPS) is 11.6. The second-order valence-corrected chi connectivity index (χ2v) is 14.8. The van der Waals surface area contributed by atoms with Gasteiger partial charge in [-0.15, -0.1) is 0 Å². The summed E-state index contributed by atoms with van der Waals surface area (Å²) >= 11 is 0. The zero-order chi connectivity index (χ0) is 36.1. The van der Waals surface area contributed by atoms with Gasteiger partial charge in [-0.25, -0.2) is 14.6 Å². The number of amides is 3. The molecule has 0 saturated carbocycles. The average molecular weight is 672 g/mol. The summed E-state index contributed by atoms with van der Waals surface area (Å²) in [4.78, 5) is 30.2. The summed E-state index contributed by atoms with van der Waals surface area (Å²) in [6.45, 7) is 17.7. The van der Waals surface area contributed by atoms with E-state index in [9.17, 15) is 9.59 Å². The van der Waals surface area contributed by atoms with Crippen LogP contribution in [0.2, 0.25) is 0 Å². The molecule has 0 aliphatic carbocycles. The lowest BCUT2D eigenvalue weighted by Gasteiger charge is -2.21. The molecule has 8 heteroatoms. The summed E-state index contributed by atoms with van der Waals surface area (Å²) in [5, 5.41) is 14.2. The molecule has 50 heavy (non-hydrogen) atoms. The van der Waals surface area contributed by atoms with Gasteiger partial charge in [0.05, 0.1) is 12.3 Å². The Hall–Kier alpha value is -5.37. The van der Waals surface area contributed by atoms with Crippen molar-refractivity contribution >= 4 is 45.8 Å². The molecule has 5 aromatic rings. The van der Waals surface area contributed by atoms with E-state index in [4.69, 9.17) is 4.74 Å². The minimum absolute atomic E-state index is 0.0130. The van der Waals surface area contributed by atoms with Crippen LogP contribution < -0.4 is 21.3 Å². The monoisotopic (exact) mass is 671 g/mol. The van der Waals surface area contributed by atoms with Gasteiger partial charge in [-0.05, 0) is 94.6 Å². The summed E-state index contributed by atoms with van der Waals surface area (Å²) in [6, 6.07) is 28.0. The van der Waals surface area contributed by atoms with Crippen molar-refractivity contribution in [1.29, 1.82) is 0 Å². The van der Waals surface area contributed by atoms with E-state index in [0.717, 1.165) is 67.0 Å². The van der Waals surface area contributed by atoms with Gasteiger partial charge in [0.1, 0.15) is 5.82 Å². The highest BCUT2D eigenvalue weighted by Gasteiger charge is 2.18. The van der Waals surface area contributed by atoms with Gasteiger partial charge < -0.3 is 20.7 Å². The van der Waals surface area contributed by atoms with Gasteiger partial charge in [0.15, 0.2) is 0 Å². The van der Waals surface area contributed by atoms with Crippen molar-refractivity contribution < 1.29 is 14.3 Å². The van der Waals surface area contributed by atoms with Crippen molar-refractivity contribution in [1.82, 2.24) is 4.98 Å². The number of carbonyl (C=O) groups excluding carboxylic acids is 2. The summed E-state index contributed by atoms with van der Waals surface area (Å²) in [7, 11) is 0. The van der Waals surface area contributed by atoms with Gasteiger partial charge in [-0.2, -0.15) is 0 Å². The first kappa shape index (κ1) is 35.9. The van der Waals surface area contributed by atoms with E-state index in [1.54, 1.807) is 0 Å². The number of carbonyl (C=O) groups is 2. The number of nitrogens with one attached hydrogen (secondary N) is 4. The van der Waals surface area contributed by atoms with Gasteiger partial charge in [-0.1, -0.05) is 96.1 Å². The molecular formula is C42H49N5O3. The second kappa shape index (κ2) is 15.0. The summed E-state index contributed by atoms with van der Waals surface area (Å²) in [6.07, 6.45) is 2.01. The molecule has 4 aromatic carbocycles. The van der Waals surface area contributed by atoms with Crippen molar-refractivity contribution in [3.05, 3.63) is 113 Å². The zero-order valence-electron chi connectivity index (χ0n) is 30.5. The lowest BCUT2D eigenvalue weighted by atomic mass is 9.86. The van der Waals surface area contributed by atoms with E-state index in [-0.39, 0.29) is 23.5 Å². The van der Waals surface area contributed by atoms with E-state index in [1.807, 2.05) is 86.8 Å². The highest BCUT2D eigenvalue weighted by molar-refractivity contribution is 6.10. The van der Waals surface area contributed by atoms with Crippen LogP contribution in [0.5, 0.6) is 0 Å².